The van der Waals surface area contributed by atoms with E-state index >= 15 is 0 Å². The normalized spacial score (nSPS) is 14.6. The number of nitrogens with one attached hydrogen (secondary N) is 1. The minimum Gasteiger partial charge on any atom is -0.488 e. The fourth-order valence-electron chi connectivity index (χ4n) is 2.98. The number of ether oxygens (including phenoxy) is 1. The zero-order valence-corrected chi connectivity index (χ0v) is 22.0. The zero-order valence-electron chi connectivity index (χ0n) is 17.3. The van der Waals surface area contributed by atoms with Gasteiger partial charge < -0.3 is 4.74 Å². The second-order valence-corrected chi connectivity index (χ2v) is 10.5. The molecule has 10 heteroatoms. The molecule has 0 unspecified atom stereocenters. The van der Waals surface area contributed by atoms with E-state index in [4.69, 9.17) is 40.2 Å². The van der Waals surface area contributed by atoms with Crippen molar-refractivity contribution in [3.05, 3.63) is 103 Å². The third kappa shape index (κ3) is 6.00. The van der Waals surface area contributed by atoms with Crippen molar-refractivity contribution < 1.29 is 14.3 Å². The topological polar surface area (TPSA) is 58.6 Å². The van der Waals surface area contributed by atoms with E-state index in [0.29, 0.717) is 38.4 Å². The first-order chi connectivity index (χ1) is 16.3. The number of carbonyl (C=O) groups is 2. The van der Waals surface area contributed by atoms with E-state index in [0.717, 1.165) is 26.8 Å². The summed E-state index contributed by atoms with van der Waals surface area (Å²) >= 11 is 21.7. The molecule has 0 radical (unpaired) electrons. The number of thioether (sulfide) groups is 1. The van der Waals surface area contributed by atoms with Crippen LogP contribution >= 0.6 is 63.1 Å². The number of nitrogens with zero attached hydrogens (tertiary/aromatic N) is 1. The highest BCUT2D eigenvalue weighted by atomic mass is 79.9. The van der Waals surface area contributed by atoms with Crippen molar-refractivity contribution in [2.75, 3.05) is 0 Å². The third-order valence-electron chi connectivity index (χ3n) is 4.68. The van der Waals surface area contributed by atoms with Gasteiger partial charge in [0.05, 0.1) is 4.91 Å². The van der Waals surface area contributed by atoms with E-state index in [-0.39, 0.29) is 4.32 Å². The lowest BCUT2D eigenvalue weighted by Gasteiger charge is -2.15. The first-order valence-electron chi connectivity index (χ1n) is 9.81. The Morgan fingerprint density at radius 2 is 1.71 bits per heavy atom. The van der Waals surface area contributed by atoms with Gasteiger partial charge in [0.25, 0.3) is 11.8 Å². The number of carbonyl (C=O) groups excluding carboxylic acids is 2. The number of amides is 2. The molecule has 3 aromatic rings. The largest absolute Gasteiger partial charge is 0.488 e. The Balaban J connectivity index is 1.52. The molecule has 0 saturated carbocycles. The molecule has 4 rings (SSSR count). The van der Waals surface area contributed by atoms with Gasteiger partial charge in [0.15, 0.2) is 4.32 Å². The Labute approximate surface area is 224 Å². The smallest absolute Gasteiger partial charge is 0.285 e. The summed E-state index contributed by atoms with van der Waals surface area (Å²) in [7, 11) is 0. The number of benzene rings is 3. The van der Waals surface area contributed by atoms with E-state index in [1.165, 1.54) is 0 Å². The summed E-state index contributed by atoms with van der Waals surface area (Å²) in [6.07, 6.45) is 1.69. The van der Waals surface area contributed by atoms with Crippen LogP contribution in [0.1, 0.15) is 21.5 Å². The van der Waals surface area contributed by atoms with Crippen LogP contribution in [0.3, 0.4) is 0 Å². The number of hydrogen-bond donors (Lipinski definition) is 1. The number of thiocarbonyl (C=S) groups is 1. The molecule has 0 aromatic heterocycles. The van der Waals surface area contributed by atoms with E-state index in [1.807, 2.05) is 30.3 Å². The van der Waals surface area contributed by atoms with Gasteiger partial charge in [-0.05, 0) is 78.5 Å². The Kier molecular flexibility index (Phi) is 7.95. The van der Waals surface area contributed by atoms with Crippen molar-refractivity contribution in [2.45, 2.75) is 6.61 Å². The van der Waals surface area contributed by atoms with Gasteiger partial charge in [-0.3, -0.25) is 15.0 Å². The Bertz CT molecular complexity index is 1300. The maximum atomic E-state index is 13.0. The molecule has 0 atom stereocenters. The van der Waals surface area contributed by atoms with Gasteiger partial charge in [0.1, 0.15) is 12.4 Å². The molecule has 3 aromatic carbocycles. The number of rotatable bonds is 6. The molecule has 1 aliphatic rings. The Hall–Kier alpha value is -2.36. The van der Waals surface area contributed by atoms with E-state index in [2.05, 4.69) is 21.4 Å². The second-order valence-electron chi connectivity index (χ2n) is 7.06. The second kappa shape index (κ2) is 10.9. The van der Waals surface area contributed by atoms with Crippen LogP contribution in [-0.2, 0) is 11.4 Å². The predicted octanol–water partition coefficient (Wildman–Crippen LogP) is 6.88. The average Bonchev–Trinajstić information content (AvgIpc) is 3.07. The molecule has 1 fully saturated rings. The van der Waals surface area contributed by atoms with Gasteiger partial charge in [-0.1, -0.05) is 63.0 Å². The monoisotopic (exact) mass is 592 g/mol. The number of halogens is 3. The zero-order chi connectivity index (χ0) is 24.2. The first kappa shape index (κ1) is 24.8. The van der Waals surface area contributed by atoms with Crippen molar-refractivity contribution in [1.82, 2.24) is 10.4 Å². The van der Waals surface area contributed by atoms with Crippen LogP contribution < -0.4 is 10.2 Å². The molecule has 5 nitrogen and oxygen atoms in total. The molecule has 0 bridgehead atoms. The van der Waals surface area contributed by atoms with E-state index in [1.54, 1.807) is 42.5 Å². The van der Waals surface area contributed by atoms with Crippen LogP contribution in [0.4, 0.5) is 0 Å². The minimum absolute atomic E-state index is 0.220. The summed E-state index contributed by atoms with van der Waals surface area (Å²) in [4.78, 5) is 25.9. The van der Waals surface area contributed by atoms with Crippen molar-refractivity contribution in [2.24, 2.45) is 0 Å². The fourth-order valence-corrected chi connectivity index (χ4v) is 4.78. The lowest BCUT2D eigenvalue weighted by atomic mass is 10.1. The third-order valence-corrected chi connectivity index (χ3v) is 6.98. The summed E-state index contributed by atoms with van der Waals surface area (Å²) in [6, 6.07) is 19.2. The highest BCUT2D eigenvalue weighted by Crippen LogP contribution is 2.34. The van der Waals surface area contributed by atoms with Gasteiger partial charge in [-0.15, -0.1) is 0 Å². The lowest BCUT2D eigenvalue weighted by molar-refractivity contribution is -0.123. The van der Waals surface area contributed by atoms with Crippen molar-refractivity contribution in [3.8, 4) is 5.75 Å². The van der Waals surface area contributed by atoms with Crippen LogP contribution in [0.25, 0.3) is 6.08 Å². The fraction of sp³-hybridized carbons (Fsp3) is 0.0417. The molecule has 1 aliphatic heterocycles. The SMILES string of the molecule is O=C(NN1C(=O)/C(=C\c2cc(Br)ccc2OCc2ccc(Cl)cc2)SC1=S)c1ccc(Cl)cc1. The van der Waals surface area contributed by atoms with Gasteiger partial charge in [-0.25, -0.2) is 0 Å². The molecule has 2 amide bonds. The number of hydrogen-bond acceptors (Lipinski definition) is 5. The Morgan fingerprint density at radius 3 is 2.38 bits per heavy atom. The van der Waals surface area contributed by atoms with E-state index < -0.39 is 11.8 Å². The molecule has 1 N–H and O–H groups in total. The van der Waals surface area contributed by atoms with Gasteiger partial charge in [-0.2, -0.15) is 5.01 Å². The van der Waals surface area contributed by atoms with Gasteiger partial charge in [0, 0.05) is 25.6 Å². The minimum atomic E-state index is -0.469. The van der Waals surface area contributed by atoms with Crippen molar-refractivity contribution in [3.63, 3.8) is 0 Å². The Morgan fingerprint density at radius 1 is 1.06 bits per heavy atom. The molecule has 172 valence electrons. The maximum absolute atomic E-state index is 13.0. The van der Waals surface area contributed by atoms with Crippen LogP contribution in [-0.4, -0.2) is 21.1 Å². The standard InChI is InChI=1S/C24H15BrCl2N2O3S2/c25-17-5-10-20(32-13-14-1-6-18(26)7-2-14)16(11-17)12-21-23(31)29(24(33)34-21)28-22(30)15-3-8-19(27)9-4-15/h1-12H,13H2,(H,28,30)/b21-12+. The van der Waals surface area contributed by atoms with Gasteiger partial charge in [0.2, 0.25) is 0 Å². The van der Waals surface area contributed by atoms with E-state index in [9.17, 15) is 9.59 Å². The molecule has 34 heavy (non-hydrogen) atoms. The first-order valence-corrected chi connectivity index (χ1v) is 12.6. The average molecular weight is 594 g/mol. The summed E-state index contributed by atoms with van der Waals surface area (Å²) < 4.78 is 7.04. The molecular weight excluding hydrogens is 579 g/mol. The predicted molar refractivity (Wildman–Crippen MR) is 144 cm³/mol. The highest BCUT2D eigenvalue weighted by Gasteiger charge is 2.34. The van der Waals surface area contributed by atoms with Crippen molar-refractivity contribution >= 4 is 85.3 Å². The summed E-state index contributed by atoms with van der Waals surface area (Å²) in [5.74, 6) is -0.307. The van der Waals surface area contributed by atoms with Crippen LogP contribution in [0, 0.1) is 0 Å². The molecule has 1 heterocycles. The van der Waals surface area contributed by atoms with Crippen LogP contribution in [0.2, 0.25) is 10.0 Å². The van der Waals surface area contributed by atoms with Crippen molar-refractivity contribution in [1.29, 1.82) is 0 Å². The van der Waals surface area contributed by atoms with Gasteiger partial charge >= 0.3 is 0 Å². The summed E-state index contributed by atoms with van der Waals surface area (Å²) in [5.41, 5.74) is 4.55. The molecule has 1 saturated heterocycles. The maximum Gasteiger partial charge on any atom is 0.285 e. The molecular formula is C24H15BrCl2N2O3S2. The molecule has 0 aliphatic carbocycles. The quantitative estimate of drug-likeness (QED) is 0.249. The lowest BCUT2D eigenvalue weighted by Crippen LogP contribution is -2.44. The highest BCUT2D eigenvalue weighted by molar-refractivity contribution is 9.10. The number of hydrazine groups is 1. The van der Waals surface area contributed by atoms with Crippen LogP contribution in [0.15, 0.2) is 76.1 Å². The summed E-state index contributed by atoms with van der Waals surface area (Å²) in [5, 5.41) is 2.22. The molecule has 0 spiro atoms. The summed E-state index contributed by atoms with van der Waals surface area (Å²) in [6.45, 7) is 0.331. The van der Waals surface area contributed by atoms with Crippen LogP contribution in [0.5, 0.6) is 5.75 Å².